The molecule has 3 atom stereocenters. The molecule has 0 bridgehead atoms. The molecule has 24 heavy (non-hydrogen) atoms. The van der Waals surface area contributed by atoms with Crippen LogP contribution in [0.25, 0.3) is 0 Å². The minimum absolute atomic E-state index is 0.0989. The zero-order chi connectivity index (χ0) is 17.5. The summed E-state index contributed by atoms with van der Waals surface area (Å²) in [6, 6.07) is 13.5. The van der Waals surface area contributed by atoms with Gasteiger partial charge in [0.25, 0.3) is 0 Å². The Kier molecular flexibility index (Phi) is 4.79. The van der Waals surface area contributed by atoms with Crippen LogP contribution >= 0.6 is 27.5 Å². The standard InChI is InChI=1S/C17H17BrClNO3S/c18-12-3-1-11(2-4-12)15-16(17(15,9-20)10-21)24(22,23)14-7-5-13(19)6-8-14/h1-8,15-16,21H,9-10,20H2/t15-,16+,17-/m0/s1. The average Bonchev–Trinajstić information content (AvgIpc) is 3.26. The lowest BCUT2D eigenvalue weighted by Crippen LogP contribution is -2.27. The van der Waals surface area contributed by atoms with Gasteiger partial charge in [-0.2, -0.15) is 0 Å². The number of hydrogen-bond donors (Lipinski definition) is 2. The molecule has 128 valence electrons. The predicted molar refractivity (Wildman–Crippen MR) is 97.9 cm³/mol. The van der Waals surface area contributed by atoms with Crippen LogP contribution in [0.5, 0.6) is 0 Å². The number of benzene rings is 2. The second-order valence-electron chi connectivity index (χ2n) is 6.04. The first-order valence-electron chi connectivity index (χ1n) is 7.42. The Hall–Kier alpha value is -0.920. The fourth-order valence-electron chi connectivity index (χ4n) is 3.39. The largest absolute Gasteiger partial charge is 0.396 e. The van der Waals surface area contributed by atoms with Gasteiger partial charge in [-0.15, -0.1) is 0 Å². The molecule has 0 aliphatic heterocycles. The molecule has 0 aromatic heterocycles. The molecule has 4 nitrogen and oxygen atoms in total. The smallest absolute Gasteiger partial charge is 0.182 e. The molecule has 3 rings (SSSR count). The molecule has 0 radical (unpaired) electrons. The summed E-state index contributed by atoms with van der Waals surface area (Å²) in [5, 5.41) is 9.62. The van der Waals surface area contributed by atoms with Crippen LogP contribution in [0.15, 0.2) is 57.9 Å². The van der Waals surface area contributed by atoms with Crippen molar-refractivity contribution in [1.82, 2.24) is 0 Å². The van der Waals surface area contributed by atoms with Crippen molar-refractivity contribution >= 4 is 37.4 Å². The molecule has 1 saturated carbocycles. The third-order valence-corrected chi connectivity index (χ3v) is 7.88. The van der Waals surface area contributed by atoms with Crippen LogP contribution in [-0.4, -0.2) is 31.9 Å². The Morgan fingerprint density at radius 1 is 1.12 bits per heavy atom. The topological polar surface area (TPSA) is 80.4 Å². The summed E-state index contributed by atoms with van der Waals surface area (Å²) in [4.78, 5) is 0.197. The third-order valence-electron chi connectivity index (χ3n) is 4.76. The Morgan fingerprint density at radius 2 is 1.71 bits per heavy atom. The number of nitrogens with two attached hydrogens (primary N) is 1. The lowest BCUT2D eigenvalue weighted by atomic mass is 10.0. The second-order valence-corrected chi connectivity index (χ2v) is 9.47. The highest BCUT2D eigenvalue weighted by Crippen LogP contribution is 2.63. The van der Waals surface area contributed by atoms with E-state index in [1.165, 1.54) is 12.1 Å². The van der Waals surface area contributed by atoms with E-state index in [2.05, 4.69) is 15.9 Å². The van der Waals surface area contributed by atoms with Gasteiger partial charge in [-0.1, -0.05) is 39.7 Å². The maximum atomic E-state index is 13.1. The Bertz CT molecular complexity index is 833. The molecule has 3 N–H and O–H groups in total. The van der Waals surface area contributed by atoms with Crippen molar-refractivity contribution in [2.45, 2.75) is 16.1 Å². The molecule has 0 amide bonds. The van der Waals surface area contributed by atoms with Gasteiger partial charge in [-0.25, -0.2) is 8.42 Å². The molecule has 1 fully saturated rings. The third kappa shape index (κ3) is 2.80. The highest BCUT2D eigenvalue weighted by atomic mass is 79.9. The molecular weight excluding hydrogens is 414 g/mol. The van der Waals surface area contributed by atoms with Gasteiger partial charge in [0.05, 0.1) is 16.8 Å². The fraction of sp³-hybridized carbons (Fsp3) is 0.294. The highest BCUT2D eigenvalue weighted by Gasteiger charge is 2.70. The number of aliphatic hydroxyl groups is 1. The minimum atomic E-state index is -3.63. The van der Waals surface area contributed by atoms with E-state index in [9.17, 15) is 13.5 Å². The summed E-state index contributed by atoms with van der Waals surface area (Å²) < 4.78 is 27.1. The maximum Gasteiger partial charge on any atom is 0.182 e. The zero-order valence-electron chi connectivity index (χ0n) is 12.7. The van der Waals surface area contributed by atoms with Crippen molar-refractivity contribution in [2.24, 2.45) is 11.1 Å². The van der Waals surface area contributed by atoms with Crippen LogP contribution in [0.2, 0.25) is 5.02 Å². The first-order chi connectivity index (χ1) is 11.4. The van der Waals surface area contributed by atoms with Crippen LogP contribution < -0.4 is 5.73 Å². The Balaban J connectivity index is 2.04. The molecule has 0 unspecified atom stereocenters. The van der Waals surface area contributed by atoms with Gasteiger partial charge in [0.2, 0.25) is 0 Å². The van der Waals surface area contributed by atoms with Gasteiger partial charge >= 0.3 is 0 Å². The van der Waals surface area contributed by atoms with Gasteiger partial charge in [0.1, 0.15) is 0 Å². The average molecular weight is 431 g/mol. The quantitative estimate of drug-likeness (QED) is 0.764. The molecule has 0 heterocycles. The van der Waals surface area contributed by atoms with Gasteiger partial charge in [-0.05, 0) is 42.0 Å². The van der Waals surface area contributed by atoms with E-state index in [1.807, 2.05) is 24.3 Å². The summed E-state index contributed by atoms with van der Waals surface area (Å²) in [7, 11) is -3.63. The molecule has 1 aliphatic rings. The Morgan fingerprint density at radius 3 is 2.21 bits per heavy atom. The van der Waals surface area contributed by atoms with Crippen LogP contribution in [0, 0.1) is 5.41 Å². The van der Waals surface area contributed by atoms with Gasteiger partial charge in [0.15, 0.2) is 9.84 Å². The number of hydrogen-bond acceptors (Lipinski definition) is 4. The van der Waals surface area contributed by atoms with E-state index >= 15 is 0 Å². The van der Waals surface area contributed by atoms with Crippen LogP contribution in [-0.2, 0) is 9.84 Å². The van der Waals surface area contributed by atoms with E-state index in [4.69, 9.17) is 17.3 Å². The molecule has 0 spiro atoms. The fourth-order valence-corrected chi connectivity index (χ4v) is 6.23. The van der Waals surface area contributed by atoms with Crippen LogP contribution in [0.1, 0.15) is 11.5 Å². The lowest BCUT2D eigenvalue weighted by molar-refractivity contribution is 0.212. The Labute approximate surface area is 154 Å². The van der Waals surface area contributed by atoms with Crippen molar-refractivity contribution in [3.63, 3.8) is 0 Å². The molecule has 1 aliphatic carbocycles. The van der Waals surface area contributed by atoms with Gasteiger partial charge in [-0.3, -0.25) is 0 Å². The monoisotopic (exact) mass is 429 g/mol. The lowest BCUT2D eigenvalue weighted by Gasteiger charge is -2.12. The van der Waals surface area contributed by atoms with Gasteiger partial charge < -0.3 is 10.8 Å². The van der Waals surface area contributed by atoms with Crippen molar-refractivity contribution in [3.8, 4) is 0 Å². The second kappa shape index (κ2) is 6.42. The van der Waals surface area contributed by atoms with Crippen molar-refractivity contribution in [1.29, 1.82) is 0 Å². The molecule has 7 heteroatoms. The van der Waals surface area contributed by atoms with E-state index < -0.39 is 20.5 Å². The summed E-state index contributed by atoms with van der Waals surface area (Å²) in [6.45, 7) is -0.177. The maximum absolute atomic E-state index is 13.1. The molecule has 0 saturated heterocycles. The highest BCUT2D eigenvalue weighted by molar-refractivity contribution is 9.10. The summed E-state index contributed by atoms with van der Waals surface area (Å²) in [5.74, 6) is -0.332. The van der Waals surface area contributed by atoms with Gasteiger partial charge in [0, 0.05) is 27.4 Å². The number of sulfone groups is 1. The SMILES string of the molecule is NC[C@@]1(CO)[C@H](S(=O)(=O)c2ccc(Cl)cc2)[C@@H]1c1ccc(Br)cc1. The first kappa shape index (κ1) is 17.9. The van der Waals surface area contributed by atoms with Crippen LogP contribution in [0.3, 0.4) is 0 Å². The van der Waals surface area contributed by atoms with E-state index in [1.54, 1.807) is 12.1 Å². The number of rotatable bonds is 5. The van der Waals surface area contributed by atoms with E-state index in [0.717, 1.165) is 10.0 Å². The first-order valence-corrected chi connectivity index (χ1v) is 10.1. The number of halogens is 2. The predicted octanol–water partition coefficient (Wildman–Crippen LogP) is 2.98. The van der Waals surface area contributed by atoms with E-state index in [0.29, 0.717) is 5.02 Å². The van der Waals surface area contributed by atoms with Crippen molar-refractivity contribution in [3.05, 3.63) is 63.6 Å². The summed E-state index contributed by atoms with van der Waals surface area (Å²) in [6.07, 6.45) is 0. The molecule has 2 aromatic rings. The van der Waals surface area contributed by atoms with Crippen molar-refractivity contribution < 1.29 is 13.5 Å². The minimum Gasteiger partial charge on any atom is -0.396 e. The molecular formula is C17H17BrClNO3S. The summed E-state index contributed by atoms with van der Waals surface area (Å²) >= 11 is 9.22. The zero-order valence-corrected chi connectivity index (χ0v) is 15.9. The van der Waals surface area contributed by atoms with Crippen molar-refractivity contribution in [2.75, 3.05) is 13.2 Å². The normalized spacial score (nSPS) is 26.3. The van der Waals surface area contributed by atoms with E-state index in [-0.39, 0.29) is 24.0 Å². The summed E-state index contributed by atoms with van der Waals surface area (Å²) in [5.41, 5.74) is 5.88. The van der Waals surface area contributed by atoms with Crippen LogP contribution in [0.4, 0.5) is 0 Å². The number of aliphatic hydroxyl groups excluding tert-OH is 1. The molecule has 2 aromatic carbocycles.